The van der Waals surface area contributed by atoms with Crippen LogP contribution in [0, 0.1) is 0 Å². The molecule has 2 N–H and O–H groups in total. The Morgan fingerprint density at radius 1 is 1.24 bits per heavy atom. The van der Waals surface area contributed by atoms with Crippen molar-refractivity contribution in [1.29, 1.82) is 0 Å². The number of nitrogens with zero attached hydrogens (tertiary/aromatic N) is 2. The van der Waals surface area contributed by atoms with Crippen molar-refractivity contribution < 1.29 is 27.5 Å². The van der Waals surface area contributed by atoms with Gasteiger partial charge in [0.05, 0.1) is 0 Å². The van der Waals surface area contributed by atoms with E-state index in [9.17, 15) is 22.8 Å². The number of amides is 2. The van der Waals surface area contributed by atoms with Crippen molar-refractivity contribution in [2.24, 2.45) is 0 Å². The summed E-state index contributed by atoms with van der Waals surface area (Å²) in [5.41, 5.74) is 0.410. The van der Waals surface area contributed by atoms with E-state index in [2.05, 4.69) is 25.3 Å². The highest BCUT2D eigenvalue weighted by atomic mass is 19.4. The van der Waals surface area contributed by atoms with E-state index in [1.165, 1.54) is 31.3 Å². The molecule has 0 saturated carbocycles. The van der Waals surface area contributed by atoms with E-state index < -0.39 is 12.3 Å². The van der Waals surface area contributed by atoms with Crippen LogP contribution in [0.15, 0.2) is 36.5 Å². The van der Waals surface area contributed by atoms with E-state index in [4.69, 9.17) is 0 Å². The molecule has 1 aromatic carbocycles. The largest absolute Gasteiger partial charge is 0.573 e. The quantitative estimate of drug-likeness (QED) is 0.859. The summed E-state index contributed by atoms with van der Waals surface area (Å²) in [7, 11) is 0. The summed E-state index contributed by atoms with van der Waals surface area (Å²) in [6.45, 7) is 1.24. The van der Waals surface area contributed by atoms with Gasteiger partial charge in [0.1, 0.15) is 11.4 Å². The molecule has 0 aliphatic carbocycles. The van der Waals surface area contributed by atoms with Gasteiger partial charge in [-0.1, -0.05) is 12.1 Å². The lowest BCUT2D eigenvalue weighted by Crippen LogP contribution is -2.24. The highest BCUT2D eigenvalue weighted by molar-refractivity contribution is 5.93. The van der Waals surface area contributed by atoms with Crippen LogP contribution in [0.2, 0.25) is 0 Å². The summed E-state index contributed by atoms with van der Waals surface area (Å²) in [5, 5.41) is 4.85. The molecular formula is C15H13F3N4O3. The minimum absolute atomic E-state index is 0.00134. The Kier molecular flexibility index (Phi) is 5.52. The van der Waals surface area contributed by atoms with E-state index in [1.54, 1.807) is 0 Å². The predicted octanol–water partition coefficient (Wildman–Crippen LogP) is 2.26. The SMILES string of the molecule is CC(=O)Nc1nccc(C(=O)NCc2cccc(OC(F)(F)F)c2)n1. The monoisotopic (exact) mass is 354 g/mol. The smallest absolute Gasteiger partial charge is 0.406 e. The highest BCUT2D eigenvalue weighted by Gasteiger charge is 2.31. The van der Waals surface area contributed by atoms with Crippen molar-refractivity contribution in [3.8, 4) is 5.75 Å². The van der Waals surface area contributed by atoms with Crippen LogP contribution in [-0.2, 0) is 11.3 Å². The van der Waals surface area contributed by atoms with Gasteiger partial charge in [0.25, 0.3) is 5.91 Å². The van der Waals surface area contributed by atoms with Crippen molar-refractivity contribution in [2.75, 3.05) is 5.32 Å². The van der Waals surface area contributed by atoms with Crippen molar-refractivity contribution in [3.05, 3.63) is 47.8 Å². The fourth-order valence-electron chi connectivity index (χ4n) is 1.83. The van der Waals surface area contributed by atoms with Crippen molar-refractivity contribution in [1.82, 2.24) is 15.3 Å². The topological polar surface area (TPSA) is 93.2 Å². The second-order valence-electron chi connectivity index (χ2n) is 4.82. The van der Waals surface area contributed by atoms with E-state index >= 15 is 0 Å². The van der Waals surface area contributed by atoms with E-state index in [-0.39, 0.29) is 29.8 Å². The molecule has 1 aromatic heterocycles. The molecule has 2 amide bonds. The Hall–Kier alpha value is -3.17. The standard InChI is InChI=1S/C15H13F3N4O3/c1-9(23)21-14-19-6-5-12(22-14)13(24)20-8-10-3-2-4-11(7-10)25-15(16,17)18/h2-7H,8H2,1H3,(H,20,24)(H,19,21,22,23). The number of halogens is 3. The van der Waals surface area contributed by atoms with Crippen molar-refractivity contribution in [2.45, 2.75) is 19.8 Å². The first-order valence-corrected chi connectivity index (χ1v) is 6.96. The fourth-order valence-corrected chi connectivity index (χ4v) is 1.83. The fraction of sp³-hybridized carbons (Fsp3) is 0.200. The maximum Gasteiger partial charge on any atom is 0.573 e. The van der Waals surface area contributed by atoms with Gasteiger partial charge in [0.15, 0.2) is 0 Å². The van der Waals surface area contributed by atoms with E-state index in [0.717, 1.165) is 12.1 Å². The van der Waals surface area contributed by atoms with Gasteiger partial charge in [0.2, 0.25) is 11.9 Å². The summed E-state index contributed by atoms with van der Waals surface area (Å²) in [4.78, 5) is 30.6. The number of anilines is 1. The molecule has 2 aromatic rings. The van der Waals surface area contributed by atoms with Crippen LogP contribution >= 0.6 is 0 Å². The molecule has 25 heavy (non-hydrogen) atoms. The highest BCUT2D eigenvalue weighted by Crippen LogP contribution is 2.23. The van der Waals surface area contributed by atoms with Crippen LogP contribution in [0.5, 0.6) is 5.75 Å². The molecule has 0 saturated heterocycles. The Labute approximate surface area is 140 Å². The van der Waals surface area contributed by atoms with Crippen molar-refractivity contribution in [3.63, 3.8) is 0 Å². The zero-order valence-corrected chi connectivity index (χ0v) is 12.9. The third-order valence-corrected chi connectivity index (χ3v) is 2.76. The number of alkyl halides is 3. The maximum absolute atomic E-state index is 12.2. The third kappa shape index (κ3) is 6.09. The molecule has 132 valence electrons. The molecule has 0 atom stereocenters. The molecular weight excluding hydrogens is 341 g/mol. The first-order valence-electron chi connectivity index (χ1n) is 6.96. The lowest BCUT2D eigenvalue weighted by atomic mass is 10.2. The van der Waals surface area contributed by atoms with E-state index in [1.807, 2.05) is 0 Å². The van der Waals surface area contributed by atoms with Gasteiger partial charge >= 0.3 is 6.36 Å². The van der Waals surface area contributed by atoms with E-state index in [0.29, 0.717) is 5.56 Å². The van der Waals surface area contributed by atoms with Gasteiger partial charge in [-0.25, -0.2) is 9.97 Å². The molecule has 0 unspecified atom stereocenters. The predicted molar refractivity (Wildman–Crippen MR) is 80.6 cm³/mol. The number of carbonyl (C=O) groups excluding carboxylic acids is 2. The molecule has 0 aliphatic rings. The number of hydrogen-bond acceptors (Lipinski definition) is 5. The zero-order chi connectivity index (χ0) is 18.4. The molecule has 0 radical (unpaired) electrons. The van der Waals surface area contributed by atoms with Gasteiger partial charge in [-0.05, 0) is 23.8 Å². The summed E-state index contributed by atoms with van der Waals surface area (Å²) in [6, 6.07) is 6.57. The number of carbonyl (C=O) groups is 2. The van der Waals surface area contributed by atoms with Crippen LogP contribution in [0.1, 0.15) is 23.0 Å². The Morgan fingerprint density at radius 2 is 2.00 bits per heavy atom. The molecule has 2 rings (SSSR count). The number of nitrogens with one attached hydrogen (secondary N) is 2. The molecule has 7 nitrogen and oxygen atoms in total. The number of aromatic nitrogens is 2. The number of ether oxygens (including phenoxy) is 1. The Bertz CT molecular complexity index is 781. The summed E-state index contributed by atoms with van der Waals surface area (Å²) < 4.78 is 40.4. The van der Waals surface area contributed by atoms with Crippen LogP contribution in [0.25, 0.3) is 0 Å². The molecule has 0 fully saturated rings. The first kappa shape index (κ1) is 18.2. The minimum Gasteiger partial charge on any atom is -0.406 e. The third-order valence-electron chi connectivity index (χ3n) is 2.76. The van der Waals surface area contributed by atoms with Crippen LogP contribution < -0.4 is 15.4 Å². The zero-order valence-electron chi connectivity index (χ0n) is 12.9. The molecule has 10 heteroatoms. The average Bonchev–Trinajstić information content (AvgIpc) is 2.51. The summed E-state index contributed by atoms with van der Waals surface area (Å²) >= 11 is 0. The van der Waals surface area contributed by atoms with Crippen LogP contribution in [0.3, 0.4) is 0 Å². The lowest BCUT2D eigenvalue weighted by Gasteiger charge is -2.10. The Morgan fingerprint density at radius 3 is 2.68 bits per heavy atom. The van der Waals surface area contributed by atoms with Gasteiger partial charge in [-0.3, -0.25) is 14.9 Å². The molecule has 1 heterocycles. The summed E-state index contributed by atoms with van der Waals surface area (Å²) in [5.74, 6) is -1.37. The second kappa shape index (κ2) is 7.60. The van der Waals surface area contributed by atoms with Gasteiger partial charge in [-0.15, -0.1) is 13.2 Å². The van der Waals surface area contributed by atoms with Crippen LogP contribution in [0.4, 0.5) is 19.1 Å². The van der Waals surface area contributed by atoms with Gasteiger partial charge in [0, 0.05) is 19.7 Å². The second-order valence-corrected chi connectivity index (χ2v) is 4.82. The van der Waals surface area contributed by atoms with Gasteiger partial charge < -0.3 is 10.1 Å². The Balaban J connectivity index is 2.00. The van der Waals surface area contributed by atoms with Gasteiger partial charge in [-0.2, -0.15) is 0 Å². The molecule has 0 spiro atoms. The molecule has 0 bridgehead atoms. The average molecular weight is 354 g/mol. The number of hydrogen-bond donors (Lipinski definition) is 2. The van der Waals surface area contributed by atoms with Crippen LogP contribution in [-0.4, -0.2) is 28.1 Å². The minimum atomic E-state index is -4.79. The molecule has 0 aliphatic heterocycles. The van der Waals surface area contributed by atoms with Crippen molar-refractivity contribution >= 4 is 17.8 Å². The normalized spacial score (nSPS) is 10.9. The lowest BCUT2D eigenvalue weighted by molar-refractivity contribution is -0.274. The number of rotatable bonds is 5. The number of benzene rings is 1. The first-order chi connectivity index (χ1) is 11.7. The maximum atomic E-state index is 12.2. The summed E-state index contributed by atoms with van der Waals surface area (Å²) in [6.07, 6.45) is -3.49.